The Morgan fingerprint density at radius 3 is 2.52 bits per heavy atom. The molecule has 31 heavy (non-hydrogen) atoms. The molecule has 1 fully saturated rings. The SMILES string of the molecule is CC(C)(CN1CCC2(CC1)COc1cc(OCc3c(Cl)cccc3Cl)ccc12)C(=O)O. The molecular weight excluding hydrogens is 437 g/mol. The molecule has 0 bridgehead atoms. The number of likely N-dealkylation sites (tertiary alicyclic amines) is 1. The van der Waals surface area contributed by atoms with Crippen molar-refractivity contribution in [2.75, 3.05) is 26.2 Å². The van der Waals surface area contributed by atoms with Crippen molar-refractivity contribution in [2.24, 2.45) is 5.41 Å². The standard InChI is InChI=1S/C24H27Cl2NO4/c1-23(2,22(28)29)14-27-10-8-24(9-11-27)15-31-21-12-16(6-7-18(21)24)30-13-17-19(25)4-3-5-20(17)26/h3-7,12H,8-11,13-15H2,1-2H3,(H,28,29). The summed E-state index contributed by atoms with van der Waals surface area (Å²) in [6.07, 6.45) is 1.90. The predicted molar refractivity (Wildman–Crippen MR) is 121 cm³/mol. The first-order chi connectivity index (χ1) is 14.7. The van der Waals surface area contributed by atoms with Gasteiger partial charge in [0.2, 0.25) is 0 Å². The number of halogens is 2. The maximum absolute atomic E-state index is 11.4. The largest absolute Gasteiger partial charge is 0.492 e. The molecule has 2 aliphatic heterocycles. The number of carbonyl (C=O) groups is 1. The Morgan fingerprint density at radius 1 is 1.19 bits per heavy atom. The summed E-state index contributed by atoms with van der Waals surface area (Å²) >= 11 is 12.5. The first kappa shape index (κ1) is 22.3. The Labute approximate surface area is 192 Å². The zero-order valence-electron chi connectivity index (χ0n) is 17.8. The molecule has 0 unspecified atom stereocenters. The van der Waals surface area contributed by atoms with Crippen LogP contribution in [0.4, 0.5) is 0 Å². The maximum atomic E-state index is 11.4. The number of aliphatic carboxylic acids is 1. The van der Waals surface area contributed by atoms with Crippen LogP contribution in [0, 0.1) is 5.41 Å². The zero-order chi connectivity index (χ0) is 22.2. The minimum Gasteiger partial charge on any atom is -0.492 e. The van der Waals surface area contributed by atoms with Crippen LogP contribution in [0.2, 0.25) is 10.0 Å². The average Bonchev–Trinajstić information content (AvgIpc) is 3.07. The van der Waals surface area contributed by atoms with Crippen LogP contribution in [0.3, 0.4) is 0 Å². The van der Waals surface area contributed by atoms with Gasteiger partial charge in [0.05, 0.1) is 12.0 Å². The highest BCUT2D eigenvalue weighted by Crippen LogP contribution is 2.47. The third kappa shape index (κ3) is 4.50. The molecule has 7 heteroatoms. The van der Waals surface area contributed by atoms with Crippen molar-refractivity contribution in [2.45, 2.75) is 38.7 Å². The van der Waals surface area contributed by atoms with Gasteiger partial charge in [0.15, 0.2) is 0 Å². The molecule has 4 rings (SSSR count). The number of nitrogens with zero attached hydrogens (tertiary/aromatic N) is 1. The van der Waals surface area contributed by atoms with Crippen molar-refractivity contribution in [1.82, 2.24) is 4.90 Å². The second kappa shape index (κ2) is 8.53. The molecule has 166 valence electrons. The van der Waals surface area contributed by atoms with Crippen LogP contribution in [0.1, 0.15) is 37.8 Å². The highest BCUT2D eigenvalue weighted by atomic mass is 35.5. The molecule has 2 aliphatic rings. The van der Waals surface area contributed by atoms with E-state index in [0.29, 0.717) is 28.9 Å². The van der Waals surface area contributed by atoms with Crippen molar-refractivity contribution in [3.05, 3.63) is 57.6 Å². The van der Waals surface area contributed by atoms with E-state index < -0.39 is 11.4 Å². The minimum atomic E-state index is -0.757. The van der Waals surface area contributed by atoms with Gasteiger partial charge in [-0.3, -0.25) is 4.79 Å². The van der Waals surface area contributed by atoms with E-state index in [0.717, 1.165) is 37.2 Å². The summed E-state index contributed by atoms with van der Waals surface area (Å²) in [4.78, 5) is 13.7. The molecule has 1 spiro atoms. The van der Waals surface area contributed by atoms with Gasteiger partial charge in [-0.2, -0.15) is 0 Å². The second-order valence-electron chi connectivity index (χ2n) is 9.18. The number of ether oxygens (including phenoxy) is 2. The molecule has 0 aromatic heterocycles. The summed E-state index contributed by atoms with van der Waals surface area (Å²) in [6.45, 7) is 6.79. The van der Waals surface area contributed by atoms with Gasteiger partial charge in [0, 0.05) is 39.2 Å². The number of benzene rings is 2. The van der Waals surface area contributed by atoms with Gasteiger partial charge in [-0.05, 0) is 58.0 Å². The normalized spacial score (nSPS) is 17.9. The number of piperidine rings is 1. The van der Waals surface area contributed by atoms with Crippen molar-refractivity contribution in [1.29, 1.82) is 0 Å². The lowest BCUT2D eigenvalue weighted by atomic mass is 9.74. The van der Waals surface area contributed by atoms with E-state index in [1.165, 1.54) is 5.56 Å². The summed E-state index contributed by atoms with van der Waals surface area (Å²) < 4.78 is 12.0. The molecule has 0 saturated carbocycles. The van der Waals surface area contributed by atoms with Crippen LogP contribution in [-0.4, -0.2) is 42.2 Å². The summed E-state index contributed by atoms with van der Waals surface area (Å²) in [5.74, 6) is 0.822. The Hall–Kier alpha value is -1.95. The molecule has 1 saturated heterocycles. The number of carboxylic acids is 1. The average molecular weight is 464 g/mol. The number of hydrogen-bond acceptors (Lipinski definition) is 4. The van der Waals surface area contributed by atoms with Crippen molar-refractivity contribution in [3.8, 4) is 11.5 Å². The second-order valence-corrected chi connectivity index (χ2v) is 10.00. The van der Waals surface area contributed by atoms with E-state index in [-0.39, 0.29) is 12.0 Å². The molecule has 0 aliphatic carbocycles. The van der Waals surface area contributed by atoms with E-state index >= 15 is 0 Å². The summed E-state index contributed by atoms with van der Waals surface area (Å²) in [5, 5.41) is 10.6. The van der Waals surface area contributed by atoms with Crippen LogP contribution >= 0.6 is 23.2 Å². The van der Waals surface area contributed by atoms with Gasteiger partial charge in [-0.25, -0.2) is 0 Å². The fraction of sp³-hybridized carbons (Fsp3) is 0.458. The van der Waals surface area contributed by atoms with Crippen LogP contribution in [0.15, 0.2) is 36.4 Å². The minimum absolute atomic E-state index is 0.0101. The van der Waals surface area contributed by atoms with Gasteiger partial charge in [-0.15, -0.1) is 0 Å². The summed E-state index contributed by atoms with van der Waals surface area (Å²) in [5.41, 5.74) is 1.22. The lowest BCUT2D eigenvalue weighted by molar-refractivity contribution is -0.148. The number of hydrogen-bond donors (Lipinski definition) is 1. The fourth-order valence-electron chi connectivity index (χ4n) is 4.45. The van der Waals surface area contributed by atoms with E-state index in [9.17, 15) is 9.90 Å². The Morgan fingerprint density at radius 2 is 1.87 bits per heavy atom. The lowest BCUT2D eigenvalue weighted by Crippen LogP contribution is -2.48. The quantitative estimate of drug-likeness (QED) is 0.620. The molecule has 2 heterocycles. The molecule has 5 nitrogen and oxygen atoms in total. The van der Waals surface area contributed by atoms with Gasteiger partial charge in [0.25, 0.3) is 0 Å². The zero-order valence-corrected chi connectivity index (χ0v) is 19.3. The monoisotopic (exact) mass is 463 g/mol. The molecular formula is C24H27Cl2NO4. The smallest absolute Gasteiger partial charge is 0.310 e. The van der Waals surface area contributed by atoms with Crippen molar-refractivity contribution < 1.29 is 19.4 Å². The van der Waals surface area contributed by atoms with Gasteiger partial charge in [0.1, 0.15) is 18.1 Å². The molecule has 0 radical (unpaired) electrons. The van der Waals surface area contributed by atoms with Gasteiger partial charge < -0.3 is 19.5 Å². The van der Waals surface area contributed by atoms with Crippen molar-refractivity contribution >= 4 is 29.2 Å². The highest BCUT2D eigenvalue weighted by molar-refractivity contribution is 6.35. The van der Waals surface area contributed by atoms with Crippen LogP contribution < -0.4 is 9.47 Å². The highest BCUT2D eigenvalue weighted by Gasteiger charge is 2.44. The first-order valence-corrected chi connectivity index (χ1v) is 11.2. The van der Waals surface area contributed by atoms with E-state index in [1.807, 2.05) is 18.2 Å². The van der Waals surface area contributed by atoms with E-state index in [1.54, 1.807) is 26.0 Å². The fourth-order valence-corrected chi connectivity index (χ4v) is 4.96. The number of rotatable bonds is 6. The third-order valence-corrected chi connectivity index (χ3v) is 7.19. The van der Waals surface area contributed by atoms with Gasteiger partial charge >= 0.3 is 5.97 Å². The Balaban J connectivity index is 1.42. The maximum Gasteiger partial charge on any atom is 0.310 e. The lowest BCUT2D eigenvalue weighted by Gasteiger charge is -2.40. The van der Waals surface area contributed by atoms with E-state index in [4.69, 9.17) is 32.7 Å². The van der Waals surface area contributed by atoms with Crippen molar-refractivity contribution in [3.63, 3.8) is 0 Å². The first-order valence-electron chi connectivity index (χ1n) is 10.5. The Kier molecular flexibility index (Phi) is 6.12. The molecule has 2 aromatic carbocycles. The predicted octanol–water partition coefficient (Wildman–Crippen LogP) is 5.41. The number of carboxylic acid groups (broad SMARTS) is 1. The Bertz CT molecular complexity index is 963. The van der Waals surface area contributed by atoms with Crippen LogP contribution in [-0.2, 0) is 16.8 Å². The van der Waals surface area contributed by atoms with Crippen LogP contribution in [0.5, 0.6) is 11.5 Å². The molecule has 0 amide bonds. The molecule has 2 aromatic rings. The molecule has 0 atom stereocenters. The topological polar surface area (TPSA) is 59.0 Å². The summed E-state index contributed by atoms with van der Waals surface area (Å²) in [7, 11) is 0. The van der Waals surface area contributed by atoms with E-state index in [2.05, 4.69) is 11.0 Å². The number of fused-ring (bicyclic) bond motifs is 2. The van der Waals surface area contributed by atoms with Crippen LogP contribution in [0.25, 0.3) is 0 Å². The molecule has 1 N–H and O–H groups in total. The third-order valence-electron chi connectivity index (χ3n) is 6.48. The summed E-state index contributed by atoms with van der Waals surface area (Å²) in [6, 6.07) is 11.4. The van der Waals surface area contributed by atoms with Gasteiger partial charge in [-0.1, -0.05) is 35.3 Å².